The maximum absolute atomic E-state index is 13.1. The molecule has 0 saturated carbocycles. The number of amides is 1. The number of rotatable bonds is 6. The Morgan fingerprint density at radius 1 is 1.12 bits per heavy atom. The predicted octanol–water partition coefficient (Wildman–Crippen LogP) is 2.64. The molecule has 0 spiro atoms. The summed E-state index contributed by atoms with van der Waals surface area (Å²) in [6.45, 7) is 5.02. The molecule has 3 aromatic rings. The van der Waals surface area contributed by atoms with E-state index < -0.39 is 10.0 Å². The van der Waals surface area contributed by atoms with Gasteiger partial charge in [0.25, 0.3) is 5.56 Å². The molecule has 0 aliphatic carbocycles. The summed E-state index contributed by atoms with van der Waals surface area (Å²) in [5, 5.41) is 3.33. The highest BCUT2D eigenvalue weighted by Crippen LogP contribution is 2.25. The number of furan rings is 1. The number of fused-ring (bicyclic) bond motifs is 1. The minimum Gasteiger partial charge on any atom is -0.465 e. The van der Waals surface area contributed by atoms with Crippen molar-refractivity contribution in [2.45, 2.75) is 44.7 Å². The van der Waals surface area contributed by atoms with Crippen LogP contribution in [0.15, 0.2) is 56.6 Å². The van der Waals surface area contributed by atoms with Gasteiger partial charge in [0.15, 0.2) is 0 Å². The fourth-order valence-corrected chi connectivity index (χ4v) is 5.45. The zero-order valence-corrected chi connectivity index (χ0v) is 19.0. The van der Waals surface area contributed by atoms with Crippen molar-refractivity contribution in [1.29, 1.82) is 0 Å². The molecular formula is C23H27N3O5S. The molecule has 1 aromatic carbocycles. The Morgan fingerprint density at radius 3 is 2.56 bits per heavy atom. The SMILES string of the molecule is Cc1ccc(CNC(=O)Cn2c(=O)ccc3cc(S(=O)(=O)N4CCC(C)CC4)ccc32)o1. The zero-order valence-electron chi connectivity index (χ0n) is 18.2. The Bertz CT molecular complexity index is 1300. The average molecular weight is 458 g/mol. The lowest BCUT2D eigenvalue weighted by Crippen LogP contribution is -2.37. The molecule has 0 bridgehead atoms. The van der Waals surface area contributed by atoms with Crippen LogP contribution < -0.4 is 10.9 Å². The molecule has 3 heterocycles. The molecule has 1 fully saturated rings. The van der Waals surface area contributed by atoms with E-state index in [1.807, 2.05) is 13.0 Å². The van der Waals surface area contributed by atoms with E-state index in [4.69, 9.17) is 4.42 Å². The highest BCUT2D eigenvalue weighted by molar-refractivity contribution is 7.89. The Hall–Kier alpha value is -2.91. The van der Waals surface area contributed by atoms with E-state index in [1.165, 1.54) is 21.0 Å². The number of pyridine rings is 1. The van der Waals surface area contributed by atoms with Crippen LogP contribution in [0.3, 0.4) is 0 Å². The van der Waals surface area contributed by atoms with Crippen LogP contribution >= 0.6 is 0 Å². The number of hydrogen-bond acceptors (Lipinski definition) is 5. The maximum Gasteiger partial charge on any atom is 0.251 e. The minimum atomic E-state index is -3.60. The van der Waals surface area contributed by atoms with E-state index >= 15 is 0 Å². The second kappa shape index (κ2) is 8.91. The number of nitrogens with zero attached hydrogens (tertiary/aromatic N) is 2. The van der Waals surface area contributed by atoms with Crippen molar-refractivity contribution in [3.8, 4) is 0 Å². The summed E-state index contributed by atoms with van der Waals surface area (Å²) in [7, 11) is -3.60. The number of piperidine rings is 1. The Morgan fingerprint density at radius 2 is 1.88 bits per heavy atom. The molecule has 0 atom stereocenters. The van der Waals surface area contributed by atoms with Crippen molar-refractivity contribution in [3.05, 3.63) is 64.3 Å². The van der Waals surface area contributed by atoms with Crippen LogP contribution in [-0.4, -0.2) is 36.3 Å². The monoisotopic (exact) mass is 457 g/mol. The van der Waals surface area contributed by atoms with Crippen LogP contribution in [0.5, 0.6) is 0 Å². The first-order valence-electron chi connectivity index (χ1n) is 10.7. The number of benzene rings is 1. The molecule has 1 aliphatic heterocycles. The summed E-state index contributed by atoms with van der Waals surface area (Å²) in [4.78, 5) is 25.1. The number of aryl methyl sites for hydroxylation is 1. The van der Waals surface area contributed by atoms with Gasteiger partial charge >= 0.3 is 0 Å². The molecule has 1 N–H and O–H groups in total. The van der Waals surface area contributed by atoms with Crippen LogP contribution in [0.25, 0.3) is 10.9 Å². The number of aromatic nitrogens is 1. The fraction of sp³-hybridized carbons (Fsp3) is 0.391. The first kappa shape index (κ1) is 22.3. The van der Waals surface area contributed by atoms with Crippen molar-refractivity contribution in [3.63, 3.8) is 0 Å². The number of hydrogen-bond donors (Lipinski definition) is 1. The minimum absolute atomic E-state index is 0.175. The van der Waals surface area contributed by atoms with Gasteiger partial charge in [-0.25, -0.2) is 8.42 Å². The zero-order chi connectivity index (χ0) is 22.9. The van der Waals surface area contributed by atoms with Crippen molar-refractivity contribution >= 4 is 26.8 Å². The summed E-state index contributed by atoms with van der Waals surface area (Å²) in [6.07, 6.45) is 1.69. The summed E-state index contributed by atoms with van der Waals surface area (Å²) < 4.78 is 34.4. The molecule has 9 heteroatoms. The number of carbonyl (C=O) groups is 1. The quantitative estimate of drug-likeness (QED) is 0.613. The van der Waals surface area contributed by atoms with Crippen molar-refractivity contribution in [2.75, 3.05) is 13.1 Å². The molecule has 1 aliphatic rings. The van der Waals surface area contributed by atoms with Crippen LogP contribution in [-0.2, 0) is 27.9 Å². The molecule has 0 radical (unpaired) electrons. The average Bonchev–Trinajstić information content (AvgIpc) is 3.19. The predicted molar refractivity (Wildman–Crippen MR) is 121 cm³/mol. The lowest BCUT2D eigenvalue weighted by molar-refractivity contribution is -0.121. The van der Waals surface area contributed by atoms with E-state index in [0.717, 1.165) is 18.6 Å². The van der Waals surface area contributed by atoms with Gasteiger partial charge in [0.2, 0.25) is 15.9 Å². The summed E-state index contributed by atoms with van der Waals surface area (Å²) in [5.41, 5.74) is 0.176. The van der Waals surface area contributed by atoms with Gasteiger partial charge in [-0.2, -0.15) is 4.31 Å². The van der Waals surface area contributed by atoms with E-state index in [-0.39, 0.29) is 29.5 Å². The number of carbonyl (C=O) groups excluding carboxylic acids is 1. The first-order chi connectivity index (χ1) is 15.2. The molecular weight excluding hydrogens is 430 g/mol. The molecule has 0 unspecified atom stereocenters. The van der Waals surface area contributed by atoms with Crippen molar-refractivity contribution in [1.82, 2.24) is 14.2 Å². The van der Waals surface area contributed by atoms with Crippen LogP contribution in [0.4, 0.5) is 0 Å². The van der Waals surface area contributed by atoms with Crippen molar-refractivity contribution < 1.29 is 17.6 Å². The van der Waals surface area contributed by atoms with Gasteiger partial charge in [0, 0.05) is 19.2 Å². The van der Waals surface area contributed by atoms with Gasteiger partial charge in [-0.1, -0.05) is 6.92 Å². The third-order valence-electron chi connectivity index (χ3n) is 5.90. The molecule has 2 aromatic heterocycles. The molecule has 1 amide bonds. The van der Waals surface area contributed by atoms with Gasteiger partial charge in [-0.15, -0.1) is 0 Å². The fourth-order valence-electron chi connectivity index (χ4n) is 3.94. The first-order valence-corrected chi connectivity index (χ1v) is 12.1. The number of sulfonamides is 1. The lowest BCUT2D eigenvalue weighted by atomic mass is 10.0. The van der Waals surface area contributed by atoms with E-state index in [2.05, 4.69) is 12.2 Å². The third kappa shape index (κ3) is 4.63. The molecule has 170 valence electrons. The molecule has 4 rings (SSSR count). The summed E-state index contributed by atoms with van der Waals surface area (Å²) >= 11 is 0. The van der Waals surface area contributed by atoms with Gasteiger partial charge < -0.3 is 9.73 Å². The number of nitrogens with one attached hydrogen (secondary N) is 1. The van der Waals surface area contributed by atoms with Crippen molar-refractivity contribution in [2.24, 2.45) is 5.92 Å². The Labute approximate surface area is 186 Å². The highest BCUT2D eigenvalue weighted by Gasteiger charge is 2.28. The molecule has 8 nitrogen and oxygen atoms in total. The maximum atomic E-state index is 13.1. The van der Waals surface area contributed by atoms with Gasteiger partial charge in [0.1, 0.15) is 18.1 Å². The lowest BCUT2D eigenvalue weighted by Gasteiger charge is -2.29. The highest BCUT2D eigenvalue weighted by atomic mass is 32.2. The van der Waals surface area contributed by atoms with Crippen LogP contribution in [0, 0.1) is 12.8 Å². The third-order valence-corrected chi connectivity index (χ3v) is 7.79. The van der Waals surface area contributed by atoms with E-state index in [0.29, 0.717) is 35.7 Å². The second-order valence-electron chi connectivity index (χ2n) is 8.35. The summed E-state index contributed by atoms with van der Waals surface area (Å²) in [6, 6.07) is 11.2. The van der Waals surface area contributed by atoms with Gasteiger partial charge in [-0.05, 0) is 67.5 Å². The standard InChI is InChI=1S/C23H27N3O5S/c1-16-9-11-25(12-10-16)32(29,30)20-6-7-21-18(13-20)4-8-23(28)26(21)15-22(27)24-14-19-5-3-17(2)31-19/h3-8,13,16H,9-12,14-15H2,1-2H3,(H,24,27). The van der Waals surface area contributed by atoms with E-state index in [1.54, 1.807) is 24.3 Å². The Balaban J connectivity index is 1.56. The molecule has 32 heavy (non-hydrogen) atoms. The Kier molecular flexibility index (Phi) is 6.21. The molecule has 1 saturated heterocycles. The normalized spacial score (nSPS) is 15.8. The van der Waals surface area contributed by atoms with E-state index in [9.17, 15) is 18.0 Å². The smallest absolute Gasteiger partial charge is 0.251 e. The largest absolute Gasteiger partial charge is 0.465 e. The van der Waals surface area contributed by atoms with Crippen LogP contribution in [0.1, 0.15) is 31.3 Å². The van der Waals surface area contributed by atoms with Gasteiger partial charge in [0.05, 0.1) is 17.0 Å². The topological polar surface area (TPSA) is 102 Å². The van der Waals surface area contributed by atoms with Gasteiger partial charge in [-0.3, -0.25) is 14.2 Å². The second-order valence-corrected chi connectivity index (χ2v) is 10.3. The van der Waals surface area contributed by atoms with Crippen LogP contribution in [0.2, 0.25) is 0 Å². The summed E-state index contributed by atoms with van der Waals surface area (Å²) in [5.74, 6) is 1.57.